The quantitative estimate of drug-likeness (QED) is 0.927. The molecule has 1 fully saturated rings. The van der Waals surface area contributed by atoms with E-state index in [-0.39, 0.29) is 11.8 Å². The Morgan fingerprint density at radius 2 is 2.00 bits per heavy atom. The number of carbonyl (C=O) groups excluding carboxylic acids is 2. The molecule has 2 heterocycles. The van der Waals surface area contributed by atoms with Gasteiger partial charge in [0.2, 0.25) is 5.91 Å². The summed E-state index contributed by atoms with van der Waals surface area (Å²) in [5, 5.41) is 3.16. The number of aromatic nitrogens is 1. The van der Waals surface area contributed by atoms with Gasteiger partial charge in [-0.05, 0) is 36.6 Å². The average molecular weight is 344 g/mol. The number of benzene rings is 1. The third kappa shape index (κ3) is 3.74. The van der Waals surface area contributed by atoms with Crippen molar-refractivity contribution in [3.63, 3.8) is 0 Å². The monoisotopic (exact) mass is 343 g/mol. The summed E-state index contributed by atoms with van der Waals surface area (Å²) in [6.45, 7) is 1.17. The first kappa shape index (κ1) is 16.5. The van der Waals surface area contributed by atoms with E-state index in [0.29, 0.717) is 23.6 Å². The minimum Gasteiger partial charge on any atom is -0.348 e. The van der Waals surface area contributed by atoms with Crippen molar-refractivity contribution in [2.75, 3.05) is 11.4 Å². The number of carbonyl (C=O) groups is 2. The molecule has 0 atom stereocenters. The van der Waals surface area contributed by atoms with Crippen molar-refractivity contribution < 1.29 is 9.59 Å². The van der Waals surface area contributed by atoms with Gasteiger partial charge in [-0.3, -0.25) is 14.6 Å². The molecule has 1 aliphatic heterocycles. The highest BCUT2D eigenvalue weighted by Crippen LogP contribution is 2.21. The van der Waals surface area contributed by atoms with E-state index in [4.69, 9.17) is 11.6 Å². The molecule has 0 saturated carbocycles. The Morgan fingerprint density at radius 1 is 1.21 bits per heavy atom. The molecule has 5 nitrogen and oxygen atoms in total. The van der Waals surface area contributed by atoms with Gasteiger partial charge in [-0.15, -0.1) is 0 Å². The number of rotatable bonds is 4. The fourth-order valence-corrected chi connectivity index (χ4v) is 2.91. The van der Waals surface area contributed by atoms with E-state index in [0.717, 1.165) is 30.6 Å². The Bertz CT molecular complexity index is 746. The Hall–Kier alpha value is -2.40. The summed E-state index contributed by atoms with van der Waals surface area (Å²) in [6, 6.07) is 9.27. The molecule has 0 bridgehead atoms. The molecule has 0 radical (unpaired) electrons. The zero-order valence-electron chi connectivity index (χ0n) is 13.2. The van der Waals surface area contributed by atoms with Crippen LogP contribution in [0.5, 0.6) is 0 Å². The number of halogens is 1. The topological polar surface area (TPSA) is 62.3 Å². The molecule has 0 unspecified atom stereocenters. The predicted octanol–water partition coefficient (Wildman–Crippen LogP) is 3.18. The highest BCUT2D eigenvalue weighted by molar-refractivity contribution is 6.33. The van der Waals surface area contributed by atoms with Crippen LogP contribution in [0.4, 0.5) is 5.69 Å². The molecule has 1 N–H and O–H groups in total. The highest BCUT2D eigenvalue weighted by atomic mass is 35.5. The number of anilines is 1. The Kier molecular flexibility index (Phi) is 5.11. The van der Waals surface area contributed by atoms with E-state index in [1.54, 1.807) is 6.07 Å². The number of pyridine rings is 1. The average Bonchev–Trinajstić information content (AvgIpc) is 2.61. The number of hydrogen-bond acceptors (Lipinski definition) is 3. The molecule has 2 amide bonds. The van der Waals surface area contributed by atoms with Crippen LogP contribution < -0.4 is 10.2 Å². The van der Waals surface area contributed by atoms with Crippen LogP contribution in [0.1, 0.15) is 35.2 Å². The summed E-state index contributed by atoms with van der Waals surface area (Å²) in [5.74, 6) is -0.0627. The summed E-state index contributed by atoms with van der Waals surface area (Å²) < 4.78 is 0. The Labute approximate surface area is 145 Å². The molecule has 2 aromatic rings. The van der Waals surface area contributed by atoms with Crippen LogP contribution in [-0.4, -0.2) is 23.3 Å². The standard InChI is InChI=1S/C18H18ClN3O2/c19-16-12-20-9-8-15(16)18(24)21-11-13-4-6-14(7-5-13)22-10-2-1-3-17(22)23/h4-9,12H,1-3,10-11H2,(H,21,24). The van der Waals surface area contributed by atoms with E-state index in [1.165, 1.54) is 12.4 Å². The van der Waals surface area contributed by atoms with Gasteiger partial charge in [-0.2, -0.15) is 0 Å². The normalized spacial score (nSPS) is 14.5. The zero-order chi connectivity index (χ0) is 16.9. The van der Waals surface area contributed by atoms with Crippen LogP contribution in [0.2, 0.25) is 5.02 Å². The predicted molar refractivity (Wildman–Crippen MR) is 93.1 cm³/mol. The van der Waals surface area contributed by atoms with Crippen molar-refractivity contribution in [2.45, 2.75) is 25.8 Å². The number of hydrogen-bond donors (Lipinski definition) is 1. The van der Waals surface area contributed by atoms with E-state index < -0.39 is 0 Å². The van der Waals surface area contributed by atoms with Gasteiger partial charge in [0.1, 0.15) is 0 Å². The number of piperidine rings is 1. The molecular weight excluding hydrogens is 326 g/mol. The fourth-order valence-electron chi connectivity index (χ4n) is 2.71. The van der Waals surface area contributed by atoms with Gasteiger partial charge in [0, 0.05) is 37.6 Å². The third-order valence-corrected chi connectivity index (χ3v) is 4.34. The Balaban J connectivity index is 1.61. The van der Waals surface area contributed by atoms with Gasteiger partial charge in [0.15, 0.2) is 0 Å². The molecule has 0 aliphatic carbocycles. The summed E-state index contributed by atoms with van der Waals surface area (Å²) in [7, 11) is 0. The highest BCUT2D eigenvalue weighted by Gasteiger charge is 2.19. The van der Waals surface area contributed by atoms with Gasteiger partial charge in [-0.1, -0.05) is 23.7 Å². The van der Waals surface area contributed by atoms with Crippen LogP contribution in [0.25, 0.3) is 0 Å². The first-order valence-electron chi connectivity index (χ1n) is 7.92. The third-order valence-electron chi connectivity index (χ3n) is 4.04. The molecule has 1 aromatic carbocycles. The zero-order valence-corrected chi connectivity index (χ0v) is 13.9. The molecular formula is C18H18ClN3O2. The maximum atomic E-state index is 12.1. The van der Waals surface area contributed by atoms with Crippen LogP contribution in [0.3, 0.4) is 0 Å². The van der Waals surface area contributed by atoms with E-state index in [1.807, 2.05) is 29.2 Å². The van der Waals surface area contributed by atoms with Gasteiger partial charge in [0.25, 0.3) is 5.91 Å². The SMILES string of the molecule is O=C(NCc1ccc(N2CCCCC2=O)cc1)c1ccncc1Cl. The molecule has 3 rings (SSSR count). The van der Waals surface area contributed by atoms with Crippen LogP contribution in [0.15, 0.2) is 42.7 Å². The minimum atomic E-state index is -0.238. The van der Waals surface area contributed by atoms with Crippen molar-refractivity contribution >= 4 is 29.1 Å². The van der Waals surface area contributed by atoms with Crippen molar-refractivity contribution in [1.82, 2.24) is 10.3 Å². The number of nitrogens with zero attached hydrogens (tertiary/aromatic N) is 2. The van der Waals surface area contributed by atoms with Crippen molar-refractivity contribution in [2.24, 2.45) is 0 Å². The second-order valence-electron chi connectivity index (χ2n) is 5.71. The van der Waals surface area contributed by atoms with E-state index in [9.17, 15) is 9.59 Å². The van der Waals surface area contributed by atoms with Gasteiger partial charge in [0.05, 0.1) is 10.6 Å². The lowest BCUT2D eigenvalue weighted by molar-refractivity contribution is -0.119. The number of nitrogens with one attached hydrogen (secondary N) is 1. The lowest BCUT2D eigenvalue weighted by Crippen LogP contribution is -2.35. The molecule has 1 saturated heterocycles. The first-order chi connectivity index (χ1) is 11.6. The Morgan fingerprint density at radius 3 is 2.71 bits per heavy atom. The van der Waals surface area contributed by atoms with Crippen molar-refractivity contribution in [3.8, 4) is 0 Å². The van der Waals surface area contributed by atoms with Crippen molar-refractivity contribution in [1.29, 1.82) is 0 Å². The summed E-state index contributed by atoms with van der Waals surface area (Å²) in [4.78, 5) is 29.7. The fraction of sp³-hybridized carbons (Fsp3) is 0.278. The minimum absolute atomic E-state index is 0.176. The maximum absolute atomic E-state index is 12.1. The molecule has 124 valence electrons. The summed E-state index contributed by atoms with van der Waals surface area (Å²) >= 11 is 5.96. The van der Waals surface area contributed by atoms with Crippen LogP contribution in [0, 0.1) is 0 Å². The lowest BCUT2D eigenvalue weighted by Gasteiger charge is -2.26. The summed E-state index contributed by atoms with van der Waals surface area (Å²) in [5.41, 5.74) is 2.27. The van der Waals surface area contributed by atoms with Crippen LogP contribution in [-0.2, 0) is 11.3 Å². The molecule has 0 spiro atoms. The van der Waals surface area contributed by atoms with E-state index >= 15 is 0 Å². The molecule has 1 aliphatic rings. The first-order valence-corrected chi connectivity index (χ1v) is 8.30. The lowest BCUT2D eigenvalue weighted by atomic mass is 10.1. The summed E-state index contributed by atoms with van der Waals surface area (Å²) in [6.07, 6.45) is 5.60. The van der Waals surface area contributed by atoms with Gasteiger partial charge in [-0.25, -0.2) is 0 Å². The second-order valence-corrected chi connectivity index (χ2v) is 6.11. The smallest absolute Gasteiger partial charge is 0.253 e. The van der Waals surface area contributed by atoms with Gasteiger partial charge < -0.3 is 10.2 Å². The molecule has 6 heteroatoms. The molecule has 1 aromatic heterocycles. The van der Waals surface area contributed by atoms with Crippen LogP contribution >= 0.6 is 11.6 Å². The van der Waals surface area contributed by atoms with Gasteiger partial charge >= 0.3 is 0 Å². The molecule has 24 heavy (non-hydrogen) atoms. The van der Waals surface area contributed by atoms with E-state index in [2.05, 4.69) is 10.3 Å². The maximum Gasteiger partial charge on any atom is 0.253 e. The number of amides is 2. The van der Waals surface area contributed by atoms with Crippen molar-refractivity contribution in [3.05, 3.63) is 58.9 Å². The second kappa shape index (κ2) is 7.45. The largest absolute Gasteiger partial charge is 0.348 e.